The van der Waals surface area contributed by atoms with Crippen LogP contribution in [0, 0.1) is 12.8 Å². The van der Waals surface area contributed by atoms with Crippen LogP contribution in [0.5, 0.6) is 0 Å². The van der Waals surface area contributed by atoms with Gasteiger partial charge < -0.3 is 10.2 Å². The van der Waals surface area contributed by atoms with Gasteiger partial charge in [-0.15, -0.1) is 0 Å². The molecule has 0 radical (unpaired) electrons. The van der Waals surface area contributed by atoms with Gasteiger partial charge in [0, 0.05) is 23.1 Å². The van der Waals surface area contributed by atoms with Gasteiger partial charge in [-0.2, -0.15) is 0 Å². The van der Waals surface area contributed by atoms with E-state index in [2.05, 4.69) is 5.32 Å². The van der Waals surface area contributed by atoms with Crippen molar-refractivity contribution in [3.63, 3.8) is 0 Å². The first kappa shape index (κ1) is 30.5. The molecule has 0 aliphatic rings. The van der Waals surface area contributed by atoms with Crippen LogP contribution in [0.4, 0.5) is 5.69 Å². The van der Waals surface area contributed by atoms with E-state index in [0.717, 1.165) is 15.4 Å². The second kappa shape index (κ2) is 13.3. The van der Waals surface area contributed by atoms with Gasteiger partial charge in [0.2, 0.25) is 11.8 Å². The summed E-state index contributed by atoms with van der Waals surface area (Å²) in [5, 5.41) is 3.57. The van der Waals surface area contributed by atoms with Gasteiger partial charge in [-0.1, -0.05) is 72.9 Å². The molecule has 0 heterocycles. The Morgan fingerprint density at radius 3 is 2.18 bits per heavy atom. The van der Waals surface area contributed by atoms with Crippen LogP contribution in [0.1, 0.15) is 31.9 Å². The fourth-order valence-corrected chi connectivity index (χ4v) is 5.65. The zero-order valence-corrected chi connectivity index (χ0v) is 24.7. The highest BCUT2D eigenvalue weighted by molar-refractivity contribution is 7.92. The molecule has 1 atom stereocenters. The predicted molar refractivity (Wildman–Crippen MR) is 156 cm³/mol. The van der Waals surface area contributed by atoms with Crippen LogP contribution in [0.15, 0.2) is 77.7 Å². The molecule has 0 aliphatic carbocycles. The summed E-state index contributed by atoms with van der Waals surface area (Å²) >= 11 is 12.2. The first-order valence-electron chi connectivity index (χ1n) is 12.5. The van der Waals surface area contributed by atoms with Crippen molar-refractivity contribution in [3.8, 4) is 0 Å². The van der Waals surface area contributed by atoms with E-state index in [1.807, 2.05) is 45.0 Å². The molecular weight excluding hydrogens is 557 g/mol. The summed E-state index contributed by atoms with van der Waals surface area (Å²) in [5.41, 5.74) is 2.04. The summed E-state index contributed by atoms with van der Waals surface area (Å²) in [5.74, 6) is -0.634. The molecule has 7 nitrogen and oxygen atoms in total. The van der Waals surface area contributed by atoms with E-state index in [9.17, 15) is 18.0 Å². The molecule has 0 aromatic heterocycles. The minimum absolute atomic E-state index is 0.0346. The monoisotopic (exact) mass is 589 g/mol. The minimum Gasteiger partial charge on any atom is -0.354 e. The molecule has 10 heteroatoms. The molecule has 3 aromatic carbocycles. The van der Waals surface area contributed by atoms with E-state index in [4.69, 9.17) is 23.2 Å². The average molecular weight is 591 g/mol. The maximum Gasteiger partial charge on any atom is 0.264 e. The summed E-state index contributed by atoms with van der Waals surface area (Å²) in [6.07, 6.45) is 0. The quantitative estimate of drug-likeness (QED) is 0.311. The topological polar surface area (TPSA) is 86.8 Å². The number of benzene rings is 3. The molecule has 0 saturated heterocycles. The van der Waals surface area contributed by atoms with Gasteiger partial charge in [0.25, 0.3) is 10.0 Å². The highest BCUT2D eigenvalue weighted by atomic mass is 35.5. The molecule has 1 unspecified atom stereocenters. The number of nitrogens with zero attached hydrogens (tertiary/aromatic N) is 2. The smallest absolute Gasteiger partial charge is 0.264 e. The molecule has 0 fully saturated rings. The molecule has 0 aliphatic heterocycles. The Bertz CT molecular complexity index is 1410. The van der Waals surface area contributed by atoms with Gasteiger partial charge in [-0.3, -0.25) is 13.9 Å². The van der Waals surface area contributed by atoms with Crippen LogP contribution in [-0.2, 0) is 26.2 Å². The molecule has 208 valence electrons. The van der Waals surface area contributed by atoms with Gasteiger partial charge >= 0.3 is 0 Å². The van der Waals surface area contributed by atoms with Crippen LogP contribution in [0.2, 0.25) is 10.0 Å². The van der Waals surface area contributed by atoms with Crippen molar-refractivity contribution in [2.45, 2.75) is 45.2 Å². The van der Waals surface area contributed by atoms with Crippen molar-refractivity contribution >= 4 is 50.7 Å². The van der Waals surface area contributed by atoms with Gasteiger partial charge in [0.05, 0.1) is 10.6 Å². The zero-order chi connectivity index (χ0) is 28.7. The van der Waals surface area contributed by atoms with E-state index < -0.39 is 28.5 Å². The lowest BCUT2D eigenvalue weighted by Crippen LogP contribution is -2.51. The summed E-state index contributed by atoms with van der Waals surface area (Å²) in [4.78, 5) is 28.3. The predicted octanol–water partition coefficient (Wildman–Crippen LogP) is 5.69. The molecule has 0 bridgehead atoms. The van der Waals surface area contributed by atoms with Gasteiger partial charge in [0.15, 0.2) is 0 Å². The number of halogens is 2. The van der Waals surface area contributed by atoms with Gasteiger partial charge in [0.1, 0.15) is 12.6 Å². The van der Waals surface area contributed by atoms with E-state index in [-0.39, 0.29) is 29.0 Å². The fraction of sp³-hybridized carbons (Fsp3) is 0.310. The van der Waals surface area contributed by atoms with E-state index in [0.29, 0.717) is 16.6 Å². The SMILES string of the molecule is Cc1cccc(CN(C(=O)CN(c2cccc(Cl)c2)S(=O)(=O)c2ccc(Cl)cc2)C(C)C(=O)NCC(C)C)c1. The number of aryl methyl sites for hydroxylation is 1. The third-order valence-electron chi connectivity index (χ3n) is 6.06. The van der Waals surface area contributed by atoms with Crippen molar-refractivity contribution in [2.75, 3.05) is 17.4 Å². The first-order valence-corrected chi connectivity index (χ1v) is 14.7. The Kier molecular flexibility index (Phi) is 10.4. The highest BCUT2D eigenvalue weighted by Gasteiger charge is 2.32. The Hall–Kier alpha value is -3.07. The normalized spacial score (nSPS) is 12.2. The van der Waals surface area contributed by atoms with Crippen molar-refractivity contribution in [3.05, 3.63) is 94.0 Å². The summed E-state index contributed by atoms with van der Waals surface area (Å²) in [6, 6.07) is 18.7. The number of anilines is 1. The Labute approximate surface area is 240 Å². The number of amides is 2. The van der Waals surface area contributed by atoms with Crippen molar-refractivity contribution < 1.29 is 18.0 Å². The molecule has 3 rings (SSSR count). The van der Waals surface area contributed by atoms with Crippen molar-refractivity contribution in [1.82, 2.24) is 10.2 Å². The largest absolute Gasteiger partial charge is 0.354 e. The van der Waals surface area contributed by atoms with Crippen LogP contribution in [0.3, 0.4) is 0 Å². The number of carbonyl (C=O) groups is 2. The lowest BCUT2D eigenvalue weighted by atomic mass is 10.1. The summed E-state index contributed by atoms with van der Waals surface area (Å²) < 4.78 is 28.6. The molecule has 39 heavy (non-hydrogen) atoms. The number of hydrogen-bond acceptors (Lipinski definition) is 4. The number of carbonyl (C=O) groups excluding carboxylic acids is 2. The van der Waals surface area contributed by atoms with Gasteiger partial charge in [-0.25, -0.2) is 8.42 Å². The van der Waals surface area contributed by atoms with E-state index in [1.165, 1.54) is 35.2 Å². The first-order chi connectivity index (χ1) is 18.4. The van der Waals surface area contributed by atoms with Gasteiger partial charge in [-0.05, 0) is 67.8 Å². The Morgan fingerprint density at radius 1 is 0.897 bits per heavy atom. The second-order valence-electron chi connectivity index (χ2n) is 9.77. The van der Waals surface area contributed by atoms with E-state index in [1.54, 1.807) is 25.1 Å². The molecular formula is C29H33Cl2N3O4S. The molecule has 0 saturated carbocycles. The number of sulfonamides is 1. The molecule has 2 amide bonds. The maximum absolute atomic E-state index is 13.9. The Balaban J connectivity index is 2.01. The van der Waals surface area contributed by atoms with Crippen LogP contribution >= 0.6 is 23.2 Å². The van der Waals surface area contributed by atoms with Crippen molar-refractivity contribution in [2.24, 2.45) is 5.92 Å². The molecule has 1 N–H and O–H groups in total. The fourth-order valence-electron chi connectivity index (χ4n) is 3.94. The van der Waals surface area contributed by atoms with Crippen LogP contribution in [0.25, 0.3) is 0 Å². The number of rotatable bonds is 11. The third kappa shape index (κ3) is 8.21. The molecule has 3 aromatic rings. The third-order valence-corrected chi connectivity index (χ3v) is 8.34. The number of hydrogen-bond donors (Lipinski definition) is 1. The summed E-state index contributed by atoms with van der Waals surface area (Å²) in [7, 11) is -4.20. The lowest BCUT2D eigenvalue weighted by Gasteiger charge is -2.32. The highest BCUT2D eigenvalue weighted by Crippen LogP contribution is 2.27. The van der Waals surface area contributed by atoms with Crippen molar-refractivity contribution in [1.29, 1.82) is 0 Å². The molecule has 0 spiro atoms. The van der Waals surface area contributed by atoms with Crippen LogP contribution < -0.4 is 9.62 Å². The number of nitrogens with one attached hydrogen (secondary N) is 1. The lowest BCUT2D eigenvalue weighted by molar-refractivity contribution is -0.139. The maximum atomic E-state index is 13.9. The Morgan fingerprint density at radius 2 is 1.56 bits per heavy atom. The second-order valence-corrected chi connectivity index (χ2v) is 12.5. The average Bonchev–Trinajstić information content (AvgIpc) is 2.88. The zero-order valence-electron chi connectivity index (χ0n) is 22.4. The standard InChI is InChI=1S/C29H33Cl2N3O4S/c1-20(2)17-32-29(36)22(4)33(18-23-8-5-7-21(3)15-23)28(35)19-34(26-10-6-9-25(31)16-26)39(37,38)27-13-11-24(30)12-14-27/h5-16,20,22H,17-19H2,1-4H3,(H,32,36). The van der Waals surface area contributed by atoms with E-state index >= 15 is 0 Å². The van der Waals surface area contributed by atoms with Crippen LogP contribution in [-0.4, -0.2) is 44.3 Å². The minimum atomic E-state index is -4.20. The summed E-state index contributed by atoms with van der Waals surface area (Å²) in [6.45, 7) is 7.57.